The fourth-order valence-electron chi connectivity index (χ4n) is 2.41. The van der Waals surface area contributed by atoms with E-state index in [0.29, 0.717) is 0 Å². The molecule has 110 valence electrons. The first-order valence-electron chi connectivity index (χ1n) is 6.94. The molecule has 1 aromatic heterocycles. The number of hydrogen-bond acceptors (Lipinski definition) is 4. The first-order valence-corrected chi connectivity index (χ1v) is 8.91. The van der Waals surface area contributed by atoms with Crippen LogP contribution >= 0.6 is 23.1 Å². The number of aliphatic hydroxyl groups is 1. The van der Waals surface area contributed by atoms with Crippen molar-refractivity contribution in [2.75, 3.05) is 12.4 Å². The lowest BCUT2D eigenvalue weighted by Crippen LogP contribution is -2.30. The van der Waals surface area contributed by atoms with Crippen LogP contribution in [0.4, 0.5) is 0 Å². The topological polar surface area (TPSA) is 49.3 Å². The fourth-order valence-corrected chi connectivity index (χ4v) is 4.68. The summed E-state index contributed by atoms with van der Waals surface area (Å²) in [5, 5.41) is 12.4. The molecule has 3 nitrogen and oxygen atoms in total. The van der Waals surface area contributed by atoms with Gasteiger partial charge < -0.3 is 10.4 Å². The molecule has 0 aliphatic carbocycles. The van der Waals surface area contributed by atoms with Crippen LogP contribution in [0.5, 0.6) is 0 Å². The molecule has 3 rings (SSSR count). The first-order chi connectivity index (χ1) is 10.3. The van der Waals surface area contributed by atoms with Crippen molar-refractivity contribution in [2.45, 2.75) is 18.2 Å². The fraction of sp³-hybridized carbons (Fsp3) is 0.312. The van der Waals surface area contributed by atoms with Crippen molar-refractivity contribution in [2.24, 2.45) is 0 Å². The predicted molar refractivity (Wildman–Crippen MR) is 87.9 cm³/mol. The Bertz CT molecular complexity index is 601. The number of nitrogens with one attached hydrogen (secondary N) is 1. The Labute approximate surface area is 132 Å². The van der Waals surface area contributed by atoms with Crippen molar-refractivity contribution in [3.05, 3.63) is 57.3 Å². The molecular formula is C16H17NO2S2. The van der Waals surface area contributed by atoms with Crippen molar-refractivity contribution in [1.29, 1.82) is 0 Å². The van der Waals surface area contributed by atoms with Crippen LogP contribution in [-0.2, 0) is 12.2 Å². The minimum atomic E-state index is -0.354. The largest absolute Gasteiger partial charge is 0.394 e. The van der Waals surface area contributed by atoms with E-state index >= 15 is 0 Å². The van der Waals surface area contributed by atoms with E-state index in [1.54, 1.807) is 11.3 Å². The van der Waals surface area contributed by atoms with Gasteiger partial charge in [-0.05, 0) is 29.4 Å². The normalized spacial score (nSPS) is 15.3. The average Bonchev–Trinajstić information content (AvgIpc) is 2.97. The molecule has 0 saturated carbocycles. The van der Waals surface area contributed by atoms with Crippen LogP contribution < -0.4 is 5.32 Å². The standard InChI is InChI=1S/C16H17NO2S2/c18-9-13(11-4-2-1-3-5-11)17-16(19)15-8-12-10-20-7-6-14(12)21-15/h1-5,8,13,18H,6-7,9-10H2,(H,17,19)/t13-/m0/s1. The Morgan fingerprint density at radius 3 is 2.86 bits per heavy atom. The van der Waals surface area contributed by atoms with Crippen molar-refractivity contribution < 1.29 is 9.90 Å². The molecule has 2 aromatic rings. The second-order valence-corrected chi connectivity index (χ2v) is 7.22. The molecule has 0 radical (unpaired) electrons. The molecule has 1 atom stereocenters. The maximum Gasteiger partial charge on any atom is 0.261 e. The zero-order chi connectivity index (χ0) is 14.7. The number of thiophene rings is 1. The van der Waals surface area contributed by atoms with Gasteiger partial charge in [-0.2, -0.15) is 11.8 Å². The summed E-state index contributed by atoms with van der Waals surface area (Å²) in [4.78, 5) is 14.5. The third-order valence-corrected chi connectivity index (χ3v) is 5.79. The summed E-state index contributed by atoms with van der Waals surface area (Å²) in [7, 11) is 0. The van der Waals surface area contributed by atoms with Gasteiger partial charge in [-0.25, -0.2) is 0 Å². The lowest BCUT2D eigenvalue weighted by Gasteiger charge is -2.16. The number of aryl methyl sites for hydroxylation is 1. The van der Waals surface area contributed by atoms with Crippen LogP contribution in [-0.4, -0.2) is 23.4 Å². The number of carbonyl (C=O) groups excluding carboxylic acids is 1. The van der Waals surface area contributed by atoms with Gasteiger partial charge in [0.2, 0.25) is 0 Å². The highest BCUT2D eigenvalue weighted by Gasteiger charge is 2.20. The monoisotopic (exact) mass is 319 g/mol. The maximum absolute atomic E-state index is 12.4. The minimum Gasteiger partial charge on any atom is -0.394 e. The highest BCUT2D eigenvalue weighted by Crippen LogP contribution is 2.31. The highest BCUT2D eigenvalue weighted by molar-refractivity contribution is 7.98. The van der Waals surface area contributed by atoms with E-state index in [-0.39, 0.29) is 18.6 Å². The van der Waals surface area contributed by atoms with E-state index in [0.717, 1.165) is 28.4 Å². The van der Waals surface area contributed by atoms with Crippen LogP contribution in [0.2, 0.25) is 0 Å². The molecule has 2 N–H and O–H groups in total. The molecule has 0 unspecified atom stereocenters. The number of amides is 1. The van der Waals surface area contributed by atoms with Crippen molar-refractivity contribution >= 4 is 29.0 Å². The maximum atomic E-state index is 12.4. The number of aliphatic hydroxyl groups excluding tert-OH is 1. The number of carbonyl (C=O) groups is 1. The first kappa shape index (κ1) is 14.6. The number of rotatable bonds is 4. The third kappa shape index (κ3) is 3.31. The molecule has 1 aliphatic heterocycles. The second-order valence-electron chi connectivity index (χ2n) is 4.98. The van der Waals surface area contributed by atoms with E-state index in [2.05, 4.69) is 5.32 Å². The van der Waals surface area contributed by atoms with Gasteiger partial charge in [0.25, 0.3) is 5.91 Å². The molecule has 21 heavy (non-hydrogen) atoms. The summed E-state index contributed by atoms with van der Waals surface area (Å²) < 4.78 is 0. The summed E-state index contributed by atoms with van der Waals surface area (Å²) in [5.41, 5.74) is 2.21. The summed E-state index contributed by atoms with van der Waals surface area (Å²) in [6, 6.07) is 11.2. The highest BCUT2D eigenvalue weighted by atomic mass is 32.2. The van der Waals surface area contributed by atoms with Gasteiger partial charge in [-0.3, -0.25) is 4.79 Å². The van der Waals surface area contributed by atoms with E-state index in [1.165, 1.54) is 10.4 Å². The molecule has 0 bridgehead atoms. The number of thioether (sulfide) groups is 1. The molecular weight excluding hydrogens is 302 g/mol. The predicted octanol–water partition coefficient (Wildman–Crippen LogP) is 3.00. The molecule has 0 saturated heterocycles. The number of benzene rings is 1. The van der Waals surface area contributed by atoms with Gasteiger partial charge in [0.05, 0.1) is 17.5 Å². The molecule has 1 aromatic carbocycles. The van der Waals surface area contributed by atoms with Crippen molar-refractivity contribution in [3.63, 3.8) is 0 Å². The third-order valence-electron chi connectivity index (χ3n) is 3.54. The lowest BCUT2D eigenvalue weighted by atomic mass is 10.1. The summed E-state index contributed by atoms with van der Waals surface area (Å²) in [5.74, 6) is 2.04. The van der Waals surface area contributed by atoms with Crippen LogP contribution in [0.1, 0.15) is 31.7 Å². The number of hydrogen-bond donors (Lipinski definition) is 2. The number of fused-ring (bicyclic) bond motifs is 1. The smallest absolute Gasteiger partial charge is 0.261 e. The molecule has 1 aliphatic rings. The Morgan fingerprint density at radius 2 is 2.14 bits per heavy atom. The Balaban J connectivity index is 1.74. The Hall–Kier alpha value is -1.30. The minimum absolute atomic E-state index is 0.0951. The zero-order valence-corrected chi connectivity index (χ0v) is 13.2. The van der Waals surface area contributed by atoms with Crippen LogP contribution in [0.3, 0.4) is 0 Å². The summed E-state index contributed by atoms with van der Waals surface area (Å²) in [6.07, 6.45) is 1.06. The zero-order valence-electron chi connectivity index (χ0n) is 11.5. The van der Waals surface area contributed by atoms with Gasteiger partial charge >= 0.3 is 0 Å². The second kappa shape index (κ2) is 6.64. The van der Waals surface area contributed by atoms with E-state index < -0.39 is 0 Å². The van der Waals surface area contributed by atoms with Crippen LogP contribution in [0.25, 0.3) is 0 Å². The molecule has 2 heterocycles. The van der Waals surface area contributed by atoms with Crippen LogP contribution in [0.15, 0.2) is 36.4 Å². The SMILES string of the molecule is O=C(N[C@@H](CO)c1ccccc1)c1cc2c(s1)CCSC2. The van der Waals surface area contributed by atoms with Gasteiger partial charge in [-0.15, -0.1) is 11.3 Å². The van der Waals surface area contributed by atoms with Gasteiger partial charge in [0.1, 0.15) is 0 Å². The summed E-state index contributed by atoms with van der Waals surface area (Å²) >= 11 is 3.50. The van der Waals surface area contributed by atoms with E-state index in [4.69, 9.17) is 0 Å². The summed E-state index contributed by atoms with van der Waals surface area (Å²) in [6.45, 7) is -0.101. The van der Waals surface area contributed by atoms with Crippen LogP contribution in [0, 0.1) is 0 Å². The molecule has 5 heteroatoms. The Kier molecular flexibility index (Phi) is 4.63. The van der Waals surface area contributed by atoms with Crippen molar-refractivity contribution in [3.8, 4) is 0 Å². The van der Waals surface area contributed by atoms with Gasteiger partial charge in [0, 0.05) is 10.6 Å². The molecule has 0 fully saturated rings. The van der Waals surface area contributed by atoms with E-state index in [1.807, 2.05) is 48.2 Å². The van der Waals surface area contributed by atoms with E-state index in [9.17, 15) is 9.90 Å². The quantitative estimate of drug-likeness (QED) is 0.911. The molecule has 1 amide bonds. The van der Waals surface area contributed by atoms with Gasteiger partial charge in [0.15, 0.2) is 0 Å². The molecule has 0 spiro atoms. The average molecular weight is 319 g/mol. The van der Waals surface area contributed by atoms with Crippen molar-refractivity contribution in [1.82, 2.24) is 5.32 Å². The van der Waals surface area contributed by atoms with Gasteiger partial charge in [-0.1, -0.05) is 30.3 Å². The Morgan fingerprint density at radius 1 is 1.33 bits per heavy atom. The lowest BCUT2D eigenvalue weighted by molar-refractivity contribution is 0.0920.